The van der Waals surface area contributed by atoms with Gasteiger partial charge in [0.25, 0.3) is 0 Å². The largest absolute Gasteiger partial charge is 0.353 e. The molecule has 0 bridgehead atoms. The summed E-state index contributed by atoms with van der Waals surface area (Å²) < 4.78 is 0.804. The van der Waals surface area contributed by atoms with Gasteiger partial charge in [0, 0.05) is 11.7 Å². The highest BCUT2D eigenvalue weighted by Crippen LogP contribution is 2.31. The first-order chi connectivity index (χ1) is 12.6. The molecule has 2 aromatic rings. The molecule has 1 aromatic heterocycles. The molecule has 0 spiro atoms. The van der Waals surface area contributed by atoms with E-state index in [9.17, 15) is 4.79 Å². The van der Waals surface area contributed by atoms with Crippen molar-refractivity contribution < 1.29 is 4.79 Å². The number of aromatic nitrogens is 2. The van der Waals surface area contributed by atoms with E-state index in [-0.39, 0.29) is 11.9 Å². The molecule has 1 heterocycles. The number of amides is 1. The molecule has 0 fully saturated rings. The van der Waals surface area contributed by atoms with Crippen LogP contribution in [-0.4, -0.2) is 27.9 Å². The van der Waals surface area contributed by atoms with Crippen molar-refractivity contribution >= 4 is 39.8 Å². The molecule has 1 amide bonds. The molecule has 0 aliphatic heterocycles. The van der Waals surface area contributed by atoms with Crippen molar-refractivity contribution in [1.82, 2.24) is 15.5 Å². The van der Waals surface area contributed by atoms with Gasteiger partial charge >= 0.3 is 0 Å². The molecular weight excluding hydrogens is 364 g/mol. The highest BCUT2D eigenvalue weighted by molar-refractivity contribution is 8.01. The van der Waals surface area contributed by atoms with E-state index in [1.54, 1.807) is 0 Å². The molecule has 2 rings (SSSR count). The molecule has 0 radical (unpaired) electrons. The Labute approximate surface area is 164 Å². The Morgan fingerprint density at radius 1 is 1.19 bits per heavy atom. The summed E-state index contributed by atoms with van der Waals surface area (Å²) in [6, 6.07) is 6.60. The SMILES string of the molecule is CCCC(C)NC(=O)CSc1nnc(Nc2c(CC)cccc2CC)s1. The van der Waals surface area contributed by atoms with Crippen LogP contribution < -0.4 is 10.6 Å². The van der Waals surface area contributed by atoms with Gasteiger partial charge in [-0.05, 0) is 37.3 Å². The first-order valence-corrected chi connectivity index (χ1v) is 11.0. The lowest BCUT2D eigenvalue weighted by Gasteiger charge is -2.13. The Morgan fingerprint density at radius 2 is 1.88 bits per heavy atom. The molecule has 7 heteroatoms. The van der Waals surface area contributed by atoms with Crippen molar-refractivity contribution in [3.8, 4) is 0 Å². The van der Waals surface area contributed by atoms with Gasteiger partial charge in [-0.15, -0.1) is 10.2 Å². The van der Waals surface area contributed by atoms with Crippen molar-refractivity contribution in [3.05, 3.63) is 29.3 Å². The van der Waals surface area contributed by atoms with Crippen molar-refractivity contribution in [2.45, 2.75) is 63.8 Å². The fourth-order valence-electron chi connectivity index (χ4n) is 2.78. The highest BCUT2D eigenvalue weighted by Gasteiger charge is 2.12. The van der Waals surface area contributed by atoms with Crippen molar-refractivity contribution in [2.75, 3.05) is 11.1 Å². The van der Waals surface area contributed by atoms with Gasteiger partial charge in [-0.3, -0.25) is 4.79 Å². The van der Waals surface area contributed by atoms with Crippen LogP contribution in [0, 0.1) is 0 Å². The fraction of sp³-hybridized carbons (Fsp3) is 0.526. The van der Waals surface area contributed by atoms with Crippen LogP contribution in [0.5, 0.6) is 0 Å². The summed E-state index contributed by atoms with van der Waals surface area (Å²) in [4.78, 5) is 12.0. The predicted octanol–water partition coefficient (Wildman–Crippen LogP) is 4.80. The lowest BCUT2D eigenvalue weighted by Crippen LogP contribution is -2.33. The maximum absolute atomic E-state index is 12.0. The Hall–Kier alpha value is -1.60. The third-order valence-electron chi connectivity index (χ3n) is 4.09. The number of rotatable bonds is 10. The number of aryl methyl sites for hydroxylation is 2. The van der Waals surface area contributed by atoms with Crippen molar-refractivity contribution in [3.63, 3.8) is 0 Å². The van der Waals surface area contributed by atoms with Crippen molar-refractivity contribution in [2.24, 2.45) is 0 Å². The summed E-state index contributed by atoms with van der Waals surface area (Å²) in [6.07, 6.45) is 4.00. The smallest absolute Gasteiger partial charge is 0.230 e. The molecule has 0 aliphatic rings. The van der Waals surface area contributed by atoms with Crippen LogP contribution in [0.1, 0.15) is 51.7 Å². The number of nitrogens with zero attached hydrogens (tertiary/aromatic N) is 2. The number of hydrogen-bond acceptors (Lipinski definition) is 6. The second kappa shape index (κ2) is 10.5. The van der Waals surface area contributed by atoms with Crippen LogP contribution in [-0.2, 0) is 17.6 Å². The molecule has 1 unspecified atom stereocenters. The number of carbonyl (C=O) groups is 1. The van der Waals surface area contributed by atoms with Gasteiger partial charge in [-0.25, -0.2) is 0 Å². The van der Waals surface area contributed by atoms with E-state index in [1.165, 1.54) is 34.2 Å². The summed E-state index contributed by atoms with van der Waals surface area (Å²) in [5, 5.41) is 15.6. The summed E-state index contributed by atoms with van der Waals surface area (Å²) in [5.74, 6) is 0.416. The number of anilines is 2. The molecule has 1 atom stereocenters. The molecule has 5 nitrogen and oxygen atoms in total. The summed E-state index contributed by atoms with van der Waals surface area (Å²) in [7, 11) is 0. The van der Waals surface area contributed by atoms with Gasteiger partial charge in [-0.2, -0.15) is 0 Å². The van der Waals surface area contributed by atoms with E-state index in [1.807, 2.05) is 6.92 Å². The third kappa shape index (κ3) is 5.99. The van der Waals surface area contributed by atoms with E-state index in [0.29, 0.717) is 5.75 Å². The summed E-state index contributed by atoms with van der Waals surface area (Å²) >= 11 is 2.92. The normalized spacial score (nSPS) is 12.0. The third-order valence-corrected chi connectivity index (χ3v) is 6.07. The maximum atomic E-state index is 12.0. The predicted molar refractivity (Wildman–Crippen MR) is 112 cm³/mol. The van der Waals surface area contributed by atoms with Crippen LogP contribution in [0.4, 0.5) is 10.8 Å². The molecule has 142 valence electrons. The highest BCUT2D eigenvalue weighted by atomic mass is 32.2. The van der Waals surface area contributed by atoms with E-state index >= 15 is 0 Å². The van der Waals surface area contributed by atoms with Crippen LogP contribution >= 0.6 is 23.1 Å². The number of para-hydroxylation sites is 1. The monoisotopic (exact) mass is 392 g/mol. The second-order valence-corrected chi connectivity index (χ2v) is 8.40. The minimum absolute atomic E-state index is 0.0465. The van der Waals surface area contributed by atoms with Gasteiger partial charge in [0.2, 0.25) is 11.0 Å². The summed E-state index contributed by atoms with van der Waals surface area (Å²) in [5.41, 5.74) is 3.69. The maximum Gasteiger partial charge on any atom is 0.230 e. The first kappa shape index (κ1) is 20.7. The number of benzene rings is 1. The zero-order valence-electron chi connectivity index (χ0n) is 16.0. The first-order valence-electron chi connectivity index (χ1n) is 9.20. The van der Waals surface area contributed by atoms with Crippen LogP contribution in [0.15, 0.2) is 22.5 Å². The van der Waals surface area contributed by atoms with Crippen LogP contribution in [0.2, 0.25) is 0 Å². The molecule has 0 saturated carbocycles. The van der Waals surface area contributed by atoms with E-state index in [4.69, 9.17) is 0 Å². The lowest BCUT2D eigenvalue weighted by atomic mass is 10.0. The molecule has 26 heavy (non-hydrogen) atoms. The van der Waals surface area contributed by atoms with Gasteiger partial charge < -0.3 is 10.6 Å². The fourth-order valence-corrected chi connectivity index (χ4v) is 4.35. The molecule has 2 N–H and O–H groups in total. The molecule has 0 aliphatic carbocycles. The van der Waals surface area contributed by atoms with Gasteiger partial charge in [0.05, 0.1) is 5.75 Å². The van der Waals surface area contributed by atoms with E-state index < -0.39 is 0 Å². The number of carbonyl (C=O) groups excluding carboxylic acids is 1. The summed E-state index contributed by atoms with van der Waals surface area (Å²) in [6.45, 7) is 8.46. The zero-order valence-corrected chi connectivity index (χ0v) is 17.6. The van der Waals surface area contributed by atoms with Crippen molar-refractivity contribution in [1.29, 1.82) is 0 Å². The average molecular weight is 393 g/mol. The second-order valence-electron chi connectivity index (χ2n) is 6.20. The average Bonchev–Trinajstić information content (AvgIpc) is 3.08. The molecule has 1 aromatic carbocycles. The van der Waals surface area contributed by atoms with Crippen LogP contribution in [0.3, 0.4) is 0 Å². The zero-order chi connectivity index (χ0) is 18.9. The van der Waals surface area contributed by atoms with Gasteiger partial charge in [-0.1, -0.05) is 68.5 Å². The Morgan fingerprint density at radius 3 is 2.50 bits per heavy atom. The number of hydrogen-bond donors (Lipinski definition) is 2. The minimum Gasteiger partial charge on any atom is -0.353 e. The quantitative estimate of drug-likeness (QED) is 0.568. The lowest BCUT2D eigenvalue weighted by molar-refractivity contribution is -0.119. The standard InChI is InChI=1S/C19H28N4OS2/c1-5-9-13(4)20-16(24)12-25-19-23-22-18(26-19)21-17-14(6-2)10-8-11-15(17)7-3/h8,10-11,13H,5-7,9,12H2,1-4H3,(H,20,24)(H,21,22). The topological polar surface area (TPSA) is 66.9 Å². The van der Waals surface area contributed by atoms with E-state index in [2.05, 4.69) is 59.8 Å². The molecule has 0 saturated heterocycles. The minimum atomic E-state index is 0.0465. The number of nitrogens with one attached hydrogen (secondary N) is 2. The molecular formula is C19H28N4OS2. The van der Waals surface area contributed by atoms with Crippen LogP contribution in [0.25, 0.3) is 0 Å². The van der Waals surface area contributed by atoms with E-state index in [0.717, 1.165) is 40.8 Å². The Bertz CT molecular complexity index is 695. The Kier molecular flexibility index (Phi) is 8.38. The Balaban J connectivity index is 1.95. The number of thioether (sulfide) groups is 1. The van der Waals surface area contributed by atoms with Gasteiger partial charge in [0.15, 0.2) is 4.34 Å². The van der Waals surface area contributed by atoms with Gasteiger partial charge in [0.1, 0.15) is 0 Å².